The minimum absolute atomic E-state index is 0.0615. The van der Waals surface area contributed by atoms with E-state index in [1.54, 1.807) is 25.4 Å². The summed E-state index contributed by atoms with van der Waals surface area (Å²) in [5.41, 5.74) is 0.699. The van der Waals surface area contributed by atoms with Crippen molar-refractivity contribution in [1.82, 2.24) is 20.2 Å². The van der Waals surface area contributed by atoms with Crippen LogP contribution in [0.15, 0.2) is 40.4 Å². The number of hydrogen-bond donors (Lipinski definition) is 2. The van der Waals surface area contributed by atoms with Gasteiger partial charge in [-0.3, -0.25) is 15.2 Å². The maximum absolute atomic E-state index is 10.7. The average molecular weight is 302 g/mol. The number of hydrogen-bond acceptors (Lipinski definition) is 7. The van der Waals surface area contributed by atoms with Crippen molar-refractivity contribution in [1.29, 1.82) is 0 Å². The zero-order valence-electron chi connectivity index (χ0n) is 10.9. The SMILES string of the molecule is CNc1nc(Sc2ccc([N+](=O)[O-])cc2)c2cn[nH]c2n1. The second kappa shape index (κ2) is 5.37. The molecule has 21 heavy (non-hydrogen) atoms. The van der Waals surface area contributed by atoms with Crippen LogP contribution in [0.3, 0.4) is 0 Å². The van der Waals surface area contributed by atoms with Crippen LogP contribution < -0.4 is 5.32 Å². The van der Waals surface area contributed by atoms with Crippen molar-refractivity contribution < 1.29 is 4.92 Å². The number of benzene rings is 1. The van der Waals surface area contributed by atoms with Crippen molar-refractivity contribution in [2.24, 2.45) is 0 Å². The van der Waals surface area contributed by atoms with Crippen molar-refractivity contribution in [3.63, 3.8) is 0 Å². The molecule has 0 aliphatic rings. The number of non-ortho nitro benzene ring substituents is 1. The topological polar surface area (TPSA) is 110 Å². The molecule has 2 N–H and O–H groups in total. The predicted molar refractivity (Wildman–Crippen MR) is 78.4 cm³/mol. The van der Waals surface area contributed by atoms with E-state index in [1.807, 2.05) is 0 Å². The lowest BCUT2D eigenvalue weighted by molar-refractivity contribution is -0.384. The molecule has 8 nitrogen and oxygen atoms in total. The number of aromatic nitrogens is 4. The van der Waals surface area contributed by atoms with Crippen LogP contribution in [0.1, 0.15) is 0 Å². The van der Waals surface area contributed by atoms with Gasteiger partial charge in [0.2, 0.25) is 5.95 Å². The lowest BCUT2D eigenvalue weighted by Gasteiger charge is -2.04. The van der Waals surface area contributed by atoms with Gasteiger partial charge in [-0.05, 0) is 12.1 Å². The first-order chi connectivity index (χ1) is 10.2. The number of fused-ring (bicyclic) bond motifs is 1. The van der Waals surface area contributed by atoms with Gasteiger partial charge in [-0.25, -0.2) is 4.98 Å². The van der Waals surface area contributed by atoms with E-state index in [9.17, 15) is 10.1 Å². The van der Waals surface area contributed by atoms with Gasteiger partial charge in [0.05, 0.1) is 16.5 Å². The first-order valence-electron chi connectivity index (χ1n) is 5.98. The minimum atomic E-state index is -0.424. The van der Waals surface area contributed by atoms with Crippen LogP contribution in [-0.2, 0) is 0 Å². The Bertz CT molecular complexity index is 801. The number of nitro groups is 1. The third-order valence-corrected chi connectivity index (χ3v) is 3.77. The zero-order valence-corrected chi connectivity index (χ0v) is 11.7. The maximum atomic E-state index is 10.7. The highest BCUT2D eigenvalue weighted by atomic mass is 32.2. The van der Waals surface area contributed by atoms with Gasteiger partial charge in [0.15, 0.2) is 5.65 Å². The van der Waals surface area contributed by atoms with Crippen LogP contribution in [0.2, 0.25) is 0 Å². The Morgan fingerprint density at radius 2 is 2.05 bits per heavy atom. The molecule has 106 valence electrons. The molecule has 0 aliphatic heterocycles. The Hall–Kier alpha value is -2.68. The molecule has 0 aliphatic carbocycles. The van der Waals surface area contributed by atoms with Gasteiger partial charge >= 0.3 is 0 Å². The summed E-state index contributed by atoms with van der Waals surface area (Å²) >= 11 is 1.40. The number of nitrogens with zero attached hydrogens (tertiary/aromatic N) is 4. The van der Waals surface area contributed by atoms with Crippen LogP contribution in [0.4, 0.5) is 11.6 Å². The zero-order chi connectivity index (χ0) is 14.8. The summed E-state index contributed by atoms with van der Waals surface area (Å²) < 4.78 is 0. The Balaban J connectivity index is 1.97. The highest BCUT2D eigenvalue weighted by Gasteiger charge is 2.11. The molecule has 2 aromatic heterocycles. The third kappa shape index (κ3) is 2.63. The molecule has 0 saturated heterocycles. The summed E-state index contributed by atoms with van der Waals surface area (Å²) in [6.07, 6.45) is 1.66. The van der Waals surface area contributed by atoms with E-state index in [0.29, 0.717) is 11.6 Å². The number of H-pyrrole nitrogens is 1. The van der Waals surface area contributed by atoms with Gasteiger partial charge in [-0.15, -0.1) is 0 Å². The van der Waals surface area contributed by atoms with E-state index in [1.165, 1.54) is 23.9 Å². The summed E-state index contributed by atoms with van der Waals surface area (Å²) in [6, 6.07) is 6.32. The number of nitrogens with one attached hydrogen (secondary N) is 2. The molecule has 0 fully saturated rings. The fourth-order valence-electron chi connectivity index (χ4n) is 1.75. The van der Waals surface area contributed by atoms with Gasteiger partial charge < -0.3 is 5.32 Å². The van der Waals surface area contributed by atoms with Crippen LogP contribution in [0.25, 0.3) is 11.0 Å². The third-order valence-electron chi connectivity index (χ3n) is 2.76. The summed E-state index contributed by atoms with van der Waals surface area (Å²) in [7, 11) is 1.73. The first kappa shape index (κ1) is 13.3. The molecule has 0 atom stereocenters. The number of anilines is 1. The molecule has 0 bridgehead atoms. The van der Waals surface area contributed by atoms with Crippen LogP contribution >= 0.6 is 11.8 Å². The molecule has 0 spiro atoms. The van der Waals surface area contributed by atoms with E-state index < -0.39 is 4.92 Å². The average Bonchev–Trinajstić information content (AvgIpc) is 2.96. The van der Waals surface area contributed by atoms with Crippen LogP contribution in [0.5, 0.6) is 0 Å². The van der Waals surface area contributed by atoms with Gasteiger partial charge in [-0.2, -0.15) is 10.1 Å². The Morgan fingerprint density at radius 3 is 2.71 bits per heavy atom. The fourth-order valence-corrected chi connectivity index (χ4v) is 2.63. The molecule has 0 unspecified atom stereocenters. The van der Waals surface area contributed by atoms with Gasteiger partial charge in [0.25, 0.3) is 5.69 Å². The molecule has 2 heterocycles. The molecule has 1 aromatic carbocycles. The monoisotopic (exact) mass is 302 g/mol. The molecule has 3 aromatic rings. The van der Waals surface area contributed by atoms with E-state index in [4.69, 9.17) is 0 Å². The smallest absolute Gasteiger partial charge is 0.269 e. The molecular formula is C12H10N6O2S. The van der Waals surface area contributed by atoms with Gasteiger partial charge in [0, 0.05) is 24.1 Å². The summed E-state index contributed by atoms with van der Waals surface area (Å²) in [6.45, 7) is 0. The van der Waals surface area contributed by atoms with Crippen LogP contribution in [-0.4, -0.2) is 32.1 Å². The van der Waals surface area contributed by atoms with Crippen molar-refractivity contribution in [3.8, 4) is 0 Å². The van der Waals surface area contributed by atoms with Crippen molar-refractivity contribution in [3.05, 3.63) is 40.6 Å². The molecule has 3 rings (SSSR count). The predicted octanol–water partition coefficient (Wildman–Crippen LogP) is 2.45. The quantitative estimate of drug-likeness (QED) is 0.432. The number of rotatable bonds is 4. The molecule has 9 heteroatoms. The summed E-state index contributed by atoms with van der Waals surface area (Å²) in [4.78, 5) is 19.7. The molecular weight excluding hydrogens is 292 g/mol. The van der Waals surface area contributed by atoms with E-state index in [0.717, 1.165) is 15.3 Å². The second-order valence-corrected chi connectivity index (χ2v) is 5.15. The Morgan fingerprint density at radius 1 is 1.29 bits per heavy atom. The van der Waals surface area contributed by atoms with E-state index >= 15 is 0 Å². The fraction of sp³-hybridized carbons (Fsp3) is 0.0833. The summed E-state index contributed by atoms with van der Waals surface area (Å²) in [5.74, 6) is 0.483. The number of aromatic amines is 1. The van der Waals surface area contributed by atoms with Crippen molar-refractivity contribution in [2.75, 3.05) is 12.4 Å². The van der Waals surface area contributed by atoms with E-state index in [-0.39, 0.29) is 5.69 Å². The van der Waals surface area contributed by atoms with Gasteiger partial charge in [-0.1, -0.05) is 11.8 Å². The van der Waals surface area contributed by atoms with Crippen molar-refractivity contribution >= 4 is 34.4 Å². The number of nitro benzene ring substituents is 1. The largest absolute Gasteiger partial charge is 0.357 e. The lowest BCUT2D eigenvalue weighted by atomic mass is 10.3. The van der Waals surface area contributed by atoms with Crippen LogP contribution in [0, 0.1) is 10.1 Å². The molecule has 0 saturated carbocycles. The highest BCUT2D eigenvalue weighted by Crippen LogP contribution is 2.32. The molecule has 0 amide bonds. The first-order valence-corrected chi connectivity index (χ1v) is 6.80. The maximum Gasteiger partial charge on any atom is 0.269 e. The van der Waals surface area contributed by atoms with E-state index in [2.05, 4.69) is 25.5 Å². The highest BCUT2D eigenvalue weighted by molar-refractivity contribution is 7.99. The Labute approximate surface area is 123 Å². The second-order valence-electron chi connectivity index (χ2n) is 4.09. The molecule has 0 radical (unpaired) electrons. The standard InChI is InChI=1S/C12H10N6O2S/c1-13-12-15-10-9(6-14-17-10)11(16-12)21-8-4-2-7(3-5-8)18(19)20/h2-6H,1H3,(H2,13,14,15,16,17). The van der Waals surface area contributed by atoms with Crippen molar-refractivity contribution in [2.45, 2.75) is 9.92 Å². The summed E-state index contributed by atoms with van der Waals surface area (Å²) in [5, 5.41) is 21.8. The Kier molecular flexibility index (Phi) is 3.40. The lowest BCUT2D eigenvalue weighted by Crippen LogP contribution is -1.97. The minimum Gasteiger partial charge on any atom is -0.357 e. The normalized spacial score (nSPS) is 10.7. The van der Waals surface area contributed by atoms with Gasteiger partial charge in [0.1, 0.15) is 5.03 Å².